The van der Waals surface area contributed by atoms with E-state index in [9.17, 15) is 4.79 Å². The van der Waals surface area contributed by atoms with Gasteiger partial charge in [-0.05, 0) is 30.5 Å². The number of nitrogens with one attached hydrogen (secondary N) is 1. The first-order valence-corrected chi connectivity index (χ1v) is 7.31. The number of ether oxygens (including phenoxy) is 1. The predicted octanol–water partition coefficient (Wildman–Crippen LogP) is 2.35. The number of aromatic nitrogens is 1. The van der Waals surface area contributed by atoms with Gasteiger partial charge in [-0.25, -0.2) is 4.79 Å². The van der Waals surface area contributed by atoms with Crippen LogP contribution in [-0.4, -0.2) is 41.7 Å². The summed E-state index contributed by atoms with van der Waals surface area (Å²) in [6, 6.07) is 4.12. The van der Waals surface area contributed by atoms with Crippen LogP contribution in [0.25, 0.3) is 0 Å². The molecular weight excluding hydrogens is 254 g/mol. The normalized spacial score (nSPS) is 20.5. The molecule has 1 aromatic rings. The Morgan fingerprint density at radius 2 is 2.25 bits per heavy atom. The number of pyridine rings is 1. The van der Waals surface area contributed by atoms with Gasteiger partial charge in [0.1, 0.15) is 0 Å². The first-order valence-electron chi connectivity index (χ1n) is 7.31. The van der Waals surface area contributed by atoms with Crippen LogP contribution in [0.1, 0.15) is 38.3 Å². The summed E-state index contributed by atoms with van der Waals surface area (Å²) < 4.78 is 5.44. The van der Waals surface area contributed by atoms with Crippen LogP contribution in [0.3, 0.4) is 0 Å². The molecule has 110 valence electrons. The Morgan fingerprint density at radius 3 is 2.90 bits per heavy atom. The largest absolute Gasteiger partial charge is 0.377 e. The van der Waals surface area contributed by atoms with E-state index in [2.05, 4.69) is 24.1 Å². The van der Waals surface area contributed by atoms with E-state index < -0.39 is 0 Å². The third kappa shape index (κ3) is 3.48. The number of carbonyl (C=O) groups is 1. The van der Waals surface area contributed by atoms with Gasteiger partial charge in [0.05, 0.1) is 25.3 Å². The molecule has 5 nitrogen and oxygen atoms in total. The lowest BCUT2D eigenvalue weighted by molar-refractivity contribution is 0.0106. The van der Waals surface area contributed by atoms with Crippen LogP contribution >= 0.6 is 0 Å². The standard InChI is InChI=1S/C15H23N3O2/c1-3-13-11-20-10-9-18(13)15(19)17-14(4-2)12-5-7-16-8-6-12/h5-8,13-14H,3-4,9-11H2,1-2H3,(H,17,19). The highest BCUT2D eigenvalue weighted by Gasteiger charge is 2.27. The second-order valence-corrected chi connectivity index (χ2v) is 5.02. The Kier molecular flexibility index (Phi) is 5.35. The molecule has 20 heavy (non-hydrogen) atoms. The van der Waals surface area contributed by atoms with Crippen molar-refractivity contribution in [2.24, 2.45) is 0 Å². The fourth-order valence-corrected chi connectivity index (χ4v) is 2.51. The van der Waals surface area contributed by atoms with Crippen molar-refractivity contribution in [3.8, 4) is 0 Å². The maximum atomic E-state index is 12.5. The van der Waals surface area contributed by atoms with Crippen molar-refractivity contribution < 1.29 is 9.53 Å². The number of carbonyl (C=O) groups excluding carboxylic acids is 1. The van der Waals surface area contributed by atoms with Gasteiger partial charge in [0.25, 0.3) is 0 Å². The first kappa shape index (κ1) is 14.8. The Balaban J connectivity index is 2.01. The lowest BCUT2D eigenvalue weighted by Crippen LogP contribution is -2.52. The lowest BCUT2D eigenvalue weighted by Gasteiger charge is -2.36. The van der Waals surface area contributed by atoms with E-state index in [0.717, 1.165) is 18.4 Å². The van der Waals surface area contributed by atoms with Gasteiger partial charge >= 0.3 is 6.03 Å². The second-order valence-electron chi connectivity index (χ2n) is 5.02. The second kappa shape index (κ2) is 7.24. The summed E-state index contributed by atoms with van der Waals surface area (Å²) in [6.07, 6.45) is 5.29. The van der Waals surface area contributed by atoms with Crippen molar-refractivity contribution >= 4 is 6.03 Å². The van der Waals surface area contributed by atoms with E-state index >= 15 is 0 Å². The minimum atomic E-state index is 0.00353. The van der Waals surface area contributed by atoms with Crippen molar-refractivity contribution in [3.05, 3.63) is 30.1 Å². The van der Waals surface area contributed by atoms with Crippen molar-refractivity contribution in [1.29, 1.82) is 0 Å². The Bertz CT molecular complexity index is 424. The summed E-state index contributed by atoms with van der Waals surface area (Å²) >= 11 is 0. The molecule has 1 N–H and O–H groups in total. The molecule has 2 unspecified atom stereocenters. The summed E-state index contributed by atoms with van der Waals surface area (Å²) in [5.41, 5.74) is 1.09. The van der Waals surface area contributed by atoms with Crippen molar-refractivity contribution in [2.45, 2.75) is 38.8 Å². The third-order valence-electron chi connectivity index (χ3n) is 3.77. The molecule has 0 bridgehead atoms. The zero-order valence-electron chi connectivity index (χ0n) is 12.2. The topological polar surface area (TPSA) is 54.5 Å². The maximum absolute atomic E-state index is 12.5. The molecule has 2 heterocycles. The van der Waals surface area contributed by atoms with Gasteiger partial charge in [-0.1, -0.05) is 13.8 Å². The van der Waals surface area contributed by atoms with Gasteiger partial charge < -0.3 is 15.0 Å². The SMILES string of the molecule is CCC(NC(=O)N1CCOCC1CC)c1ccncc1. The number of morpholine rings is 1. The summed E-state index contributed by atoms with van der Waals surface area (Å²) in [4.78, 5) is 18.4. The molecule has 0 radical (unpaired) electrons. The zero-order valence-corrected chi connectivity index (χ0v) is 12.2. The number of amides is 2. The first-order chi connectivity index (χ1) is 9.76. The molecule has 0 aromatic carbocycles. The molecule has 2 atom stereocenters. The molecule has 0 spiro atoms. The van der Waals surface area contributed by atoms with Crippen LogP contribution in [-0.2, 0) is 4.74 Å². The Morgan fingerprint density at radius 1 is 1.50 bits per heavy atom. The van der Waals surface area contributed by atoms with Crippen LogP contribution in [0, 0.1) is 0 Å². The van der Waals surface area contributed by atoms with E-state index in [1.54, 1.807) is 12.4 Å². The maximum Gasteiger partial charge on any atom is 0.318 e. The fourth-order valence-electron chi connectivity index (χ4n) is 2.51. The average Bonchev–Trinajstić information content (AvgIpc) is 2.53. The summed E-state index contributed by atoms with van der Waals surface area (Å²) in [7, 11) is 0. The van der Waals surface area contributed by atoms with Crippen LogP contribution in [0.4, 0.5) is 4.79 Å². The molecule has 2 rings (SSSR count). The van der Waals surface area contributed by atoms with E-state index in [1.165, 1.54) is 0 Å². The molecule has 1 saturated heterocycles. The Hall–Kier alpha value is -1.62. The predicted molar refractivity (Wildman–Crippen MR) is 77.4 cm³/mol. The summed E-state index contributed by atoms with van der Waals surface area (Å²) in [6.45, 7) is 6.07. The third-order valence-corrected chi connectivity index (χ3v) is 3.77. The number of hydrogen-bond acceptors (Lipinski definition) is 3. The monoisotopic (exact) mass is 277 g/mol. The number of nitrogens with zero attached hydrogens (tertiary/aromatic N) is 2. The van der Waals surface area contributed by atoms with Gasteiger partial charge in [-0.3, -0.25) is 4.98 Å². The minimum Gasteiger partial charge on any atom is -0.377 e. The van der Waals surface area contributed by atoms with Crippen LogP contribution < -0.4 is 5.32 Å². The van der Waals surface area contributed by atoms with Crippen molar-refractivity contribution in [1.82, 2.24) is 15.2 Å². The van der Waals surface area contributed by atoms with E-state index in [4.69, 9.17) is 4.74 Å². The van der Waals surface area contributed by atoms with Gasteiger partial charge in [-0.15, -0.1) is 0 Å². The van der Waals surface area contributed by atoms with E-state index in [-0.39, 0.29) is 18.1 Å². The minimum absolute atomic E-state index is 0.00353. The van der Waals surface area contributed by atoms with Gasteiger partial charge in [-0.2, -0.15) is 0 Å². The number of hydrogen-bond donors (Lipinski definition) is 1. The van der Waals surface area contributed by atoms with Gasteiger partial charge in [0.2, 0.25) is 0 Å². The van der Waals surface area contributed by atoms with Gasteiger partial charge in [0.15, 0.2) is 0 Å². The van der Waals surface area contributed by atoms with E-state index in [0.29, 0.717) is 19.8 Å². The summed E-state index contributed by atoms with van der Waals surface area (Å²) in [5, 5.41) is 3.12. The van der Waals surface area contributed by atoms with Crippen LogP contribution in [0.5, 0.6) is 0 Å². The van der Waals surface area contributed by atoms with Gasteiger partial charge in [0, 0.05) is 18.9 Å². The highest BCUT2D eigenvalue weighted by atomic mass is 16.5. The quantitative estimate of drug-likeness (QED) is 0.919. The molecule has 1 aromatic heterocycles. The van der Waals surface area contributed by atoms with Crippen molar-refractivity contribution in [2.75, 3.05) is 19.8 Å². The zero-order chi connectivity index (χ0) is 14.4. The molecule has 0 saturated carbocycles. The molecule has 5 heteroatoms. The summed E-state index contributed by atoms with van der Waals surface area (Å²) in [5.74, 6) is 0. The molecule has 2 amide bonds. The Labute approximate surface area is 120 Å². The van der Waals surface area contributed by atoms with Crippen LogP contribution in [0.15, 0.2) is 24.5 Å². The molecule has 1 aliphatic rings. The smallest absolute Gasteiger partial charge is 0.318 e. The average molecular weight is 277 g/mol. The molecule has 1 aliphatic heterocycles. The highest BCUT2D eigenvalue weighted by molar-refractivity contribution is 5.75. The van der Waals surface area contributed by atoms with E-state index in [1.807, 2.05) is 17.0 Å². The number of rotatable bonds is 4. The molecule has 1 fully saturated rings. The number of urea groups is 1. The molecule has 0 aliphatic carbocycles. The van der Waals surface area contributed by atoms with Crippen molar-refractivity contribution in [3.63, 3.8) is 0 Å². The fraction of sp³-hybridized carbons (Fsp3) is 0.600. The highest BCUT2D eigenvalue weighted by Crippen LogP contribution is 2.17. The lowest BCUT2D eigenvalue weighted by atomic mass is 10.1. The molecular formula is C15H23N3O2. The van der Waals surface area contributed by atoms with Crippen LogP contribution in [0.2, 0.25) is 0 Å².